The largest absolute Gasteiger partial charge is 0.381 e. The van der Waals surface area contributed by atoms with Crippen molar-refractivity contribution in [1.82, 2.24) is 10.2 Å². The summed E-state index contributed by atoms with van der Waals surface area (Å²) in [5.74, 6) is 2.43. The van der Waals surface area contributed by atoms with E-state index in [0.29, 0.717) is 17.8 Å². The van der Waals surface area contributed by atoms with Gasteiger partial charge < -0.3 is 10.2 Å². The number of rotatable bonds is 4. The van der Waals surface area contributed by atoms with Crippen LogP contribution in [0.4, 0.5) is 5.69 Å². The summed E-state index contributed by atoms with van der Waals surface area (Å²) in [7, 11) is 2.20. The number of nitrogens with one attached hydrogen (secondary N) is 2. The summed E-state index contributed by atoms with van der Waals surface area (Å²) < 4.78 is 0. The van der Waals surface area contributed by atoms with Crippen LogP contribution >= 0.6 is 0 Å². The molecule has 2 N–H and O–H groups in total. The van der Waals surface area contributed by atoms with Gasteiger partial charge in [0.1, 0.15) is 12.0 Å². The molecule has 0 spiro atoms. The van der Waals surface area contributed by atoms with Crippen LogP contribution in [0.2, 0.25) is 0 Å². The molecule has 5 aliphatic rings. The van der Waals surface area contributed by atoms with Crippen molar-refractivity contribution >= 4 is 33.9 Å². The van der Waals surface area contributed by atoms with E-state index in [-0.39, 0.29) is 18.2 Å². The number of allylic oxidation sites excluding steroid dienone is 9. The van der Waals surface area contributed by atoms with Gasteiger partial charge in [-0.25, -0.2) is 4.99 Å². The van der Waals surface area contributed by atoms with Crippen LogP contribution in [0, 0.1) is 23.7 Å². The minimum absolute atomic E-state index is 0.0569. The standard InChI is InChI=1S/C40H38N4/c1-26-13-14-32(33-18-17-29-12-7-21-41-37(29)25-33)24-36(26)40-43-38(34-19-15-27-8-3-5-10-30(27)22-34)42-39(44(40)2)35-20-16-28-9-4-6-11-31(28)23-35/h3-20,22-27,30,36,38,40-41,43H,21H2,1-2H3. The van der Waals surface area contributed by atoms with Crippen LogP contribution in [0.15, 0.2) is 138 Å². The van der Waals surface area contributed by atoms with Gasteiger partial charge in [0.05, 0.1) is 6.17 Å². The number of amidine groups is 1. The first-order valence-electron chi connectivity index (χ1n) is 15.9. The predicted molar refractivity (Wildman–Crippen MR) is 185 cm³/mol. The number of hydrogen-bond donors (Lipinski definition) is 2. The molecule has 0 fully saturated rings. The molecule has 6 unspecified atom stereocenters. The van der Waals surface area contributed by atoms with Gasteiger partial charge >= 0.3 is 0 Å². The molecule has 3 aromatic carbocycles. The van der Waals surface area contributed by atoms with Crippen molar-refractivity contribution in [3.8, 4) is 0 Å². The lowest BCUT2D eigenvalue weighted by molar-refractivity contribution is 0.188. The summed E-state index contributed by atoms with van der Waals surface area (Å²) >= 11 is 0. The fourth-order valence-corrected chi connectivity index (χ4v) is 7.24. The Balaban J connectivity index is 1.18. The molecule has 0 saturated heterocycles. The molecule has 218 valence electrons. The average Bonchev–Trinajstić information content (AvgIpc) is 3.08. The fourth-order valence-electron chi connectivity index (χ4n) is 7.24. The maximum atomic E-state index is 5.41. The van der Waals surface area contributed by atoms with E-state index in [1.54, 1.807) is 0 Å². The summed E-state index contributed by atoms with van der Waals surface area (Å²) in [6, 6.07) is 22.1. The molecular formula is C40H38N4. The van der Waals surface area contributed by atoms with Crippen LogP contribution in [-0.4, -0.2) is 36.7 Å². The van der Waals surface area contributed by atoms with E-state index in [1.165, 1.54) is 38.7 Å². The van der Waals surface area contributed by atoms with Crippen molar-refractivity contribution in [1.29, 1.82) is 0 Å². The number of anilines is 1. The summed E-state index contributed by atoms with van der Waals surface area (Å²) in [6.07, 6.45) is 27.4. The smallest absolute Gasteiger partial charge is 0.134 e. The van der Waals surface area contributed by atoms with Crippen LogP contribution in [0.3, 0.4) is 0 Å². The Morgan fingerprint density at radius 1 is 0.795 bits per heavy atom. The van der Waals surface area contributed by atoms with Crippen LogP contribution in [0.5, 0.6) is 0 Å². The van der Waals surface area contributed by atoms with Crippen molar-refractivity contribution in [3.05, 3.63) is 150 Å². The summed E-state index contributed by atoms with van der Waals surface area (Å²) in [4.78, 5) is 7.78. The zero-order chi connectivity index (χ0) is 29.6. The second kappa shape index (κ2) is 11.1. The molecule has 2 aliphatic heterocycles. The van der Waals surface area contributed by atoms with Crippen LogP contribution < -0.4 is 10.6 Å². The lowest BCUT2D eigenvalue weighted by Crippen LogP contribution is -2.59. The second-order valence-corrected chi connectivity index (χ2v) is 12.6. The highest BCUT2D eigenvalue weighted by Gasteiger charge is 2.37. The number of aliphatic imine (C=N–C) groups is 1. The highest BCUT2D eigenvalue weighted by atomic mass is 15.4. The van der Waals surface area contributed by atoms with Gasteiger partial charge in [0.2, 0.25) is 0 Å². The van der Waals surface area contributed by atoms with E-state index < -0.39 is 0 Å². The number of benzene rings is 3. The Hall–Kier alpha value is -4.67. The molecule has 0 aromatic heterocycles. The zero-order valence-corrected chi connectivity index (χ0v) is 25.3. The van der Waals surface area contributed by atoms with Gasteiger partial charge in [-0.2, -0.15) is 0 Å². The Bertz CT molecular complexity index is 1860. The molecule has 4 heteroatoms. The lowest BCUT2D eigenvalue weighted by atomic mass is 9.81. The third kappa shape index (κ3) is 4.89. The summed E-state index contributed by atoms with van der Waals surface area (Å²) in [5, 5.41) is 10.0. The first-order chi connectivity index (χ1) is 21.6. The van der Waals surface area contributed by atoms with E-state index in [0.717, 1.165) is 17.9 Å². The van der Waals surface area contributed by atoms with Gasteiger partial charge in [0.15, 0.2) is 0 Å². The minimum Gasteiger partial charge on any atom is -0.381 e. The third-order valence-corrected chi connectivity index (χ3v) is 9.79. The van der Waals surface area contributed by atoms with Gasteiger partial charge in [-0.3, -0.25) is 5.32 Å². The van der Waals surface area contributed by atoms with Crippen molar-refractivity contribution in [3.63, 3.8) is 0 Å². The Labute approximate surface area is 260 Å². The van der Waals surface area contributed by atoms with Gasteiger partial charge in [-0.1, -0.05) is 128 Å². The van der Waals surface area contributed by atoms with Crippen LogP contribution in [-0.2, 0) is 0 Å². The Morgan fingerprint density at radius 3 is 2.55 bits per heavy atom. The molecule has 0 bridgehead atoms. The molecule has 3 aliphatic carbocycles. The predicted octanol–water partition coefficient (Wildman–Crippen LogP) is 7.97. The fraction of sp³-hybridized carbons (Fsp3) is 0.225. The van der Waals surface area contributed by atoms with E-state index in [9.17, 15) is 0 Å². The Morgan fingerprint density at radius 2 is 1.64 bits per heavy atom. The molecule has 2 heterocycles. The monoisotopic (exact) mass is 574 g/mol. The molecule has 0 amide bonds. The minimum atomic E-state index is -0.135. The van der Waals surface area contributed by atoms with Crippen molar-refractivity contribution < 1.29 is 0 Å². The quantitative estimate of drug-likeness (QED) is 0.332. The number of nitrogens with zero attached hydrogens (tertiary/aromatic N) is 2. The van der Waals surface area contributed by atoms with Gasteiger partial charge in [-0.15, -0.1) is 0 Å². The maximum absolute atomic E-state index is 5.41. The molecule has 8 rings (SSSR count). The SMILES string of the molecule is CC1C=CC(c2ccc3c(c2)NCC=C3)=CC1C1NC(C2=CC3C=CC=CC3C=C2)N=C(c2ccc3ccccc3c2)N1C. The van der Waals surface area contributed by atoms with E-state index >= 15 is 0 Å². The normalized spacial score (nSPS) is 28.6. The second-order valence-electron chi connectivity index (χ2n) is 12.6. The third-order valence-electron chi connectivity index (χ3n) is 9.79. The van der Waals surface area contributed by atoms with Crippen molar-refractivity contribution in [2.24, 2.45) is 28.7 Å². The molecule has 6 atom stereocenters. The first kappa shape index (κ1) is 26.9. The lowest BCUT2D eigenvalue weighted by Gasteiger charge is -2.44. The molecule has 0 radical (unpaired) electrons. The topological polar surface area (TPSA) is 39.7 Å². The van der Waals surface area contributed by atoms with Crippen LogP contribution in [0.25, 0.3) is 22.4 Å². The van der Waals surface area contributed by atoms with Gasteiger partial charge in [-0.05, 0) is 51.1 Å². The van der Waals surface area contributed by atoms with E-state index in [1.807, 2.05) is 0 Å². The van der Waals surface area contributed by atoms with Gasteiger partial charge in [0, 0.05) is 42.6 Å². The molecule has 0 saturated carbocycles. The highest BCUT2D eigenvalue weighted by Crippen LogP contribution is 2.37. The summed E-state index contributed by atoms with van der Waals surface area (Å²) in [5.41, 5.74) is 7.36. The molecule has 4 nitrogen and oxygen atoms in total. The van der Waals surface area contributed by atoms with Crippen molar-refractivity contribution in [2.45, 2.75) is 19.3 Å². The maximum Gasteiger partial charge on any atom is 0.134 e. The number of fused-ring (bicyclic) bond motifs is 3. The molecule has 3 aromatic rings. The first-order valence-corrected chi connectivity index (χ1v) is 15.9. The Kier molecular flexibility index (Phi) is 6.80. The molecule has 44 heavy (non-hydrogen) atoms. The average molecular weight is 575 g/mol. The number of hydrogen-bond acceptors (Lipinski definition) is 4. The highest BCUT2D eigenvalue weighted by molar-refractivity contribution is 6.02. The van der Waals surface area contributed by atoms with E-state index in [4.69, 9.17) is 4.99 Å². The molecular weight excluding hydrogens is 536 g/mol. The van der Waals surface area contributed by atoms with Crippen LogP contribution in [0.1, 0.15) is 23.6 Å². The zero-order valence-electron chi connectivity index (χ0n) is 25.3. The summed E-state index contributed by atoms with van der Waals surface area (Å²) in [6.45, 7) is 3.21. The van der Waals surface area contributed by atoms with Crippen molar-refractivity contribution in [2.75, 3.05) is 18.9 Å². The van der Waals surface area contributed by atoms with Gasteiger partial charge in [0.25, 0.3) is 0 Å². The van der Waals surface area contributed by atoms with E-state index in [2.05, 4.69) is 163 Å².